The minimum absolute atomic E-state index is 0.0436. The third kappa shape index (κ3) is 4.37. The lowest BCUT2D eigenvalue weighted by molar-refractivity contribution is 0.0529. The van der Waals surface area contributed by atoms with Crippen LogP contribution in [0.5, 0.6) is 0 Å². The van der Waals surface area contributed by atoms with Gasteiger partial charge in [0.1, 0.15) is 6.61 Å². The Labute approximate surface area is 107 Å². The Hall–Kier alpha value is -1.56. The Bertz CT molecular complexity index is 517. The van der Waals surface area contributed by atoms with Crippen molar-refractivity contribution in [1.82, 2.24) is 0 Å². The van der Waals surface area contributed by atoms with E-state index < -0.39 is 15.8 Å². The average Bonchev–Trinajstić information content (AvgIpc) is 2.27. The number of rotatable bonds is 5. The number of aryl methyl sites for hydroxylation is 1. The molecule has 0 saturated carbocycles. The van der Waals surface area contributed by atoms with Gasteiger partial charge in [-0.15, -0.1) is 0 Å². The molecule has 0 aliphatic carbocycles. The van der Waals surface area contributed by atoms with Gasteiger partial charge < -0.3 is 10.5 Å². The van der Waals surface area contributed by atoms with Gasteiger partial charge in [0, 0.05) is 11.4 Å². The predicted molar refractivity (Wildman–Crippen MR) is 70.2 cm³/mol. The highest BCUT2D eigenvalue weighted by molar-refractivity contribution is 7.91. The summed E-state index contributed by atoms with van der Waals surface area (Å²) in [5.41, 5.74) is 7.27. The normalized spacial score (nSPS) is 11.2. The highest BCUT2D eigenvalue weighted by atomic mass is 32.2. The molecule has 0 aliphatic heterocycles. The minimum Gasteiger partial charge on any atom is -0.461 e. The Morgan fingerprint density at radius 2 is 2.00 bits per heavy atom. The number of hydrogen-bond acceptors (Lipinski definition) is 5. The highest BCUT2D eigenvalue weighted by Crippen LogP contribution is 2.12. The number of esters is 1. The maximum Gasteiger partial charge on any atom is 0.338 e. The zero-order valence-electron chi connectivity index (χ0n) is 10.5. The summed E-state index contributed by atoms with van der Waals surface area (Å²) in [6.07, 6.45) is 0. The fourth-order valence-electron chi connectivity index (χ4n) is 1.42. The maximum absolute atomic E-state index is 11.7. The van der Waals surface area contributed by atoms with Crippen LogP contribution in [0, 0.1) is 6.92 Å². The summed E-state index contributed by atoms with van der Waals surface area (Å²) in [6, 6.07) is 4.88. The van der Waals surface area contributed by atoms with Crippen molar-refractivity contribution >= 4 is 21.5 Å². The number of sulfone groups is 1. The van der Waals surface area contributed by atoms with Gasteiger partial charge in [-0.3, -0.25) is 0 Å². The number of nitrogen functional groups attached to an aromatic ring is 1. The van der Waals surface area contributed by atoms with Crippen LogP contribution < -0.4 is 5.73 Å². The first-order valence-corrected chi connectivity index (χ1v) is 7.41. The molecular weight excluding hydrogens is 254 g/mol. The van der Waals surface area contributed by atoms with Crippen molar-refractivity contribution in [1.29, 1.82) is 0 Å². The molecule has 0 aromatic heterocycles. The van der Waals surface area contributed by atoms with E-state index in [1.54, 1.807) is 19.1 Å². The average molecular weight is 271 g/mol. The van der Waals surface area contributed by atoms with Crippen LogP contribution in [-0.4, -0.2) is 32.5 Å². The number of carbonyl (C=O) groups excluding carboxylic acids is 1. The second kappa shape index (κ2) is 5.86. The first-order valence-electron chi connectivity index (χ1n) is 5.59. The first-order chi connectivity index (χ1) is 8.34. The lowest BCUT2D eigenvalue weighted by Gasteiger charge is -2.06. The Balaban J connectivity index is 2.61. The molecule has 0 saturated heterocycles. The molecule has 100 valence electrons. The summed E-state index contributed by atoms with van der Waals surface area (Å²) < 4.78 is 27.3. The molecule has 18 heavy (non-hydrogen) atoms. The second-order valence-corrected chi connectivity index (χ2v) is 6.48. The van der Waals surface area contributed by atoms with Crippen molar-refractivity contribution in [3.8, 4) is 0 Å². The third-order valence-corrected chi connectivity index (χ3v) is 4.07. The fourth-order valence-corrected chi connectivity index (χ4v) is 2.05. The lowest BCUT2D eigenvalue weighted by atomic mass is 10.1. The fraction of sp³-hybridized carbons (Fsp3) is 0.417. The van der Waals surface area contributed by atoms with Crippen molar-refractivity contribution in [2.45, 2.75) is 13.8 Å². The summed E-state index contributed by atoms with van der Waals surface area (Å²) >= 11 is 0. The highest BCUT2D eigenvalue weighted by Gasteiger charge is 2.12. The lowest BCUT2D eigenvalue weighted by Crippen LogP contribution is -2.17. The van der Waals surface area contributed by atoms with Crippen molar-refractivity contribution in [3.05, 3.63) is 29.3 Å². The van der Waals surface area contributed by atoms with Gasteiger partial charge in [0.15, 0.2) is 9.84 Å². The molecule has 0 fully saturated rings. The molecule has 0 atom stereocenters. The van der Waals surface area contributed by atoms with Crippen molar-refractivity contribution < 1.29 is 17.9 Å². The van der Waals surface area contributed by atoms with E-state index in [0.717, 1.165) is 5.56 Å². The van der Waals surface area contributed by atoms with Crippen LogP contribution in [0.15, 0.2) is 18.2 Å². The Morgan fingerprint density at radius 3 is 2.56 bits per heavy atom. The third-order valence-electron chi connectivity index (χ3n) is 2.40. The van der Waals surface area contributed by atoms with Gasteiger partial charge in [0.25, 0.3) is 0 Å². The SMILES string of the molecule is CCS(=O)(=O)CCOC(=O)c1cc(C)cc(N)c1. The van der Waals surface area contributed by atoms with Crippen LogP contribution in [-0.2, 0) is 14.6 Å². The van der Waals surface area contributed by atoms with E-state index in [0.29, 0.717) is 11.3 Å². The van der Waals surface area contributed by atoms with E-state index in [1.165, 1.54) is 6.07 Å². The largest absolute Gasteiger partial charge is 0.461 e. The monoisotopic (exact) mass is 271 g/mol. The van der Waals surface area contributed by atoms with Gasteiger partial charge in [-0.05, 0) is 30.7 Å². The van der Waals surface area contributed by atoms with Gasteiger partial charge in [-0.2, -0.15) is 0 Å². The van der Waals surface area contributed by atoms with Gasteiger partial charge in [-0.25, -0.2) is 13.2 Å². The van der Waals surface area contributed by atoms with Crippen molar-refractivity contribution in [2.24, 2.45) is 0 Å². The molecule has 0 unspecified atom stereocenters. The van der Waals surface area contributed by atoms with Gasteiger partial charge >= 0.3 is 5.97 Å². The first kappa shape index (κ1) is 14.5. The van der Waals surface area contributed by atoms with E-state index in [9.17, 15) is 13.2 Å². The summed E-state index contributed by atoms with van der Waals surface area (Å²) in [5.74, 6) is -0.671. The Kier molecular flexibility index (Phi) is 4.72. The molecule has 1 aromatic carbocycles. The Morgan fingerprint density at radius 1 is 1.33 bits per heavy atom. The maximum atomic E-state index is 11.7. The molecule has 0 amide bonds. The summed E-state index contributed by atoms with van der Waals surface area (Å²) in [7, 11) is -3.12. The zero-order valence-corrected chi connectivity index (χ0v) is 11.3. The van der Waals surface area contributed by atoms with E-state index >= 15 is 0 Å². The molecule has 1 rings (SSSR count). The molecular formula is C12H17NO4S. The summed E-state index contributed by atoms with van der Waals surface area (Å²) in [4.78, 5) is 11.7. The minimum atomic E-state index is -3.12. The standard InChI is InChI=1S/C12H17NO4S/c1-3-18(15,16)5-4-17-12(14)10-6-9(2)7-11(13)8-10/h6-8H,3-5,13H2,1-2H3. The molecule has 5 nitrogen and oxygen atoms in total. The van der Waals surface area contributed by atoms with Gasteiger partial charge in [0.05, 0.1) is 11.3 Å². The molecule has 6 heteroatoms. The van der Waals surface area contributed by atoms with E-state index in [4.69, 9.17) is 10.5 Å². The smallest absolute Gasteiger partial charge is 0.338 e. The predicted octanol–water partition coefficient (Wildman–Crippen LogP) is 1.17. The van der Waals surface area contributed by atoms with Crippen LogP contribution >= 0.6 is 0 Å². The number of carbonyl (C=O) groups is 1. The summed E-state index contributed by atoms with van der Waals surface area (Å²) in [6.45, 7) is 3.23. The number of ether oxygens (including phenoxy) is 1. The van der Waals surface area contributed by atoms with Crippen LogP contribution in [0.1, 0.15) is 22.8 Å². The molecule has 0 spiro atoms. The van der Waals surface area contributed by atoms with Crippen LogP contribution in [0.4, 0.5) is 5.69 Å². The molecule has 0 heterocycles. The van der Waals surface area contributed by atoms with Crippen LogP contribution in [0.25, 0.3) is 0 Å². The van der Waals surface area contributed by atoms with Gasteiger partial charge in [0.2, 0.25) is 0 Å². The number of benzene rings is 1. The van der Waals surface area contributed by atoms with Crippen molar-refractivity contribution in [3.63, 3.8) is 0 Å². The van der Waals surface area contributed by atoms with Crippen LogP contribution in [0.2, 0.25) is 0 Å². The van der Waals surface area contributed by atoms with E-state index in [2.05, 4.69) is 0 Å². The molecule has 0 bridgehead atoms. The van der Waals surface area contributed by atoms with E-state index in [1.807, 2.05) is 6.92 Å². The topological polar surface area (TPSA) is 86.5 Å². The molecule has 1 aromatic rings. The number of nitrogens with two attached hydrogens (primary N) is 1. The zero-order chi connectivity index (χ0) is 13.8. The number of hydrogen-bond donors (Lipinski definition) is 1. The second-order valence-electron chi connectivity index (χ2n) is 4.00. The van der Waals surface area contributed by atoms with Crippen LogP contribution in [0.3, 0.4) is 0 Å². The number of anilines is 1. The molecule has 0 aliphatic rings. The van der Waals surface area contributed by atoms with Crippen molar-refractivity contribution in [2.75, 3.05) is 23.8 Å². The van der Waals surface area contributed by atoms with E-state index in [-0.39, 0.29) is 18.1 Å². The molecule has 2 N–H and O–H groups in total. The summed E-state index contributed by atoms with van der Waals surface area (Å²) in [5, 5.41) is 0. The molecule has 0 radical (unpaired) electrons. The quantitative estimate of drug-likeness (QED) is 0.641. The van der Waals surface area contributed by atoms with Gasteiger partial charge in [-0.1, -0.05) is 6.92 Å².